The second kappa shape index (κ2) is 5.36. The highest BCUT2D eigenvalue weighted by molar-refractivity contribution is 5.98. The van der Waals surface area contributed by atoms with Gasteiger partial charge in [0.05, 0.1) is 5.69 Å². The van der Waals surface area contributed by atoms with E-state index in [0.717, 1.165) is 5.56 Å². The maximum absolute atomic E-state index is 12.1. The Labute approximate surface area is 122 Å². The third-order valence-corrected chi connectivity index (χ3v) is 3.22. The molecule has 3 rings (SSSR count). The summed E-state index contributed by atoms with van der Waals surface area (Å²) in [5, 5.41) is 0. The van der Waals surface area contributed by atoms with Crippen LogP contribution in [0.1, 0.15) is 15.9 Å². The van der Waals surface area contributed by atoms with Gasteiger partial charge >= 0.3 is 0 Å². The Bertz CT molecular complexity index is 697. The fourth-order valence-corrected chi connectivity index (χ4v) is 2.10. The number of nitrogens with two attached hydrogens (primary N) is 1. The molecule has 0 aliphatic carbocycles. The van der Waals surface area contributed by atoms with Gasteiger partial charge in [0.1, 0.15) is 5.75 Å². The number of fused-ring (bicyclic) bond motifs is 1. The zero-order valence-corrected chi connectivity index (χ0v) is 11.6. The lowest BCUT2D eigenvalue weighted by atomic mass is 10.1. The number of anilines is 1. The molecule has 1 heterocycles. The number of aryl methyl sites for hydroxylation is 1. The number of ketones is 1. The van der Waals surface area contributed by atoms with Crippen LogP contribution in [0.3, 0.4) is 0 Å². The van der Waals surface area contributed by atoms with Crippen molar-refractivity contribution in [3.05, 3.63) is 47.5 Å². The monoisotopic (exact) mass is 285 g/mol. The Hall–Kier alpha value is -2.69. The van der Waals surface area contributed by atoms with E-state index in [1.54, 1.807) is 30.3 Å². The largest absolute Gasteiger partial charge is 0.483 e. The van der Waals surface area contributed by atoms with Crippen LogP contribution in [0.2, 0.25) is 0 Å². The summed E-state index contributed by atoms with van der Waals surface area (Å²) >= 11 is 0. The topological polar surface area (TPSA) is 70.8 Å². The third-order valence-electron chi connectivity index (χ3n) is 3.22. The minimum Gasteiger partial charge on any atom is -0.483 e. The van der Waals surface area contributed by atoms with Crippen molar-refractivity contribution < 1.29 is 19.0 Å². The lowest BCUT2D eigenvalue weighted by Gasteiger charge is -2.09. The highest BCUT2D eigenvalue weighted by atomic mass is 16.7. The molecule has 21 heavy (non-hydrogen) atoms. The Morgan fingerprint density at radius 2 is 2.00 bits per heavy atom. The van der Waals surface area contributed by atoms with Crippen LogP contribution in [0, 0.1) is 6.92 Å². The molecule has 0 saturated heterocycles. The van der Waals surface area contributed by atoms with Gasteiger partial charge in [-0.05, 0) is 42.8 Å². The molecule has 5 nitrogen and oxygen atoms in total. The van der Waals surface area contributed by atoms with Crippen molar-refractivity contribution in [2.24, 2.45) is 0 Å². The van der Waals surface area contributed by atoms with E-state index in [-0.39, 0.29) is 19.2 Å². The molecule has 1 aliphatic heterocycles. The van der Waals surface area contributed by atoms with Crippen LogP contribution in [0.5, 0.6) is 17.2 Å². The van der Waals surface area contributed by atoms with Crippen molar-refractivity contribution in [1.82, 2.24) is 0 Å². The van der Waals surface area contributed by atoms with E-state index in [1.807, 2.05) is 13.0 Å². The van der Waals surface area contributed by atoms with Gasteiger partial charge < -0.3 is 19.9 Å². The van der Waals surface area contributed by atoms with Gasteiger partial charge in [0.2, 0.25) is 6.79 Å². The molecule has 2 aromatic rings. The first-order chi connectivity index (χ1) is 10.1. The number of hydrogen-bond acceptors (Lipinski definition) is 5. The summed E-state index contributed by atoms with van der Waals surface area (Å²) in [6.07, 6.45) is 0. The Balaban J connectivity index is 1.69. The van der Waals surface area contributed by atoms with E-state index in [9.17, 15) is 4.79 Å². The van der Waals surface area contributed by atoms with E-state index in [4.69, 9.17) is 19.9 Å². The third kappa shape index (κ3) is 2.76. The number of hydrogen-bond donors (Lipinski definition) is 1. The van der Waals surface area contributed by atoms with Gasteiger partial charge in [-0.2, -0.15) is 0 Å². The lowest BCUT2D eigenvalue weighted by Crippen LogP contribution is -2.12. The van der Waals surface area contributed by atoms with Crippen LogP contribution in [0.25, 0.3) is 0 Å². The molecule has 0 fully saturated rings. The Morgan fingerprint density at radius 1 is 1.19 bits per heavy atom. The summed E-state index contributed by atoms with van der Waals surface area (Å²) in [5.41, 5.74) is 7.93. The van der Waals surface area contributed by atoms with Crippen molar-refractivity contribution in [1.29, 1.82) is 0 Å². The summed E-state index contributed by atoms with van der Waals surface area (Å²) < 4.78 is 15.9. The lowest BCUT2D eigenvalue weighted by molar-refractivity contribution is 0.0921. The van der Waals surface area contributed by atoms with Crippen LogP contribution >= 0.6 is 0 Å². The first kappa shape index (κ1) is 13.3. The van der Waals surface area contributed by atoms with Crippen molar-refractivity contribution in [3.63, 3.8) is 0 Å². The predicted octanol–water partition coefficient (Wildman–Crippen LogP) is 2.57. The first-order valence-corrected chi connectivity index (χ1v) is 6.55. The SMILES string of the molecule is Cc1ccc(OCC(=O)c2ccc3c(c2)OCO3)c(N)c1. The molecule has 0 radical (unpaired) electrons. The highest BCUT2D eigenvalue weighted by Gasteiger charge is 2.16. The molecular weight excluding hydrogens is 270 g/mol. The second-order valence-electron chi connectivity index (χ2n) is 4.82. The van der Waals surface area contributed by atoms with Crippen LogP contribution in [-0.2, 0) is 0 Å². The molecule has 0 unspecified atom stereocenters. The van der Waals surface area contributed by atoms with Gasteiger partial charge in [-0.1, -0.05) is 6.07 Å². The molecule has 0 atom stereocenters. The van der Waals surface area contributed by atoms with Gasteiger partial charge in [0.15, 0.2) is 23.9 Å². The van der Waals surface area contributed by atoms with Gasteiger partial charge in [-0.3, -0.25) is 4.79 Å². The average molecular weight is 285 g/mol. The van der Waals surface area contributed by atoms with Gasteiger partial charge in [0, 0.05) is 5.56 Å². The molecule has 5 heteroatoms. The number of nitrogen functional groups attached to an aromatic ring is 1. The fourth-order valence-electron chi connectivity index (χ4n) is 2.10. The Kier molecular flexibility index (Phi) is 3.39. The summed E-state index contributed by atoms with van der Waals surface area (Å²) in [6.45, 7) is 2.05. The van der Waals surface area contributed by atoms with E-state index in [0.29, 0.717) is 28.5 Å². The molecular formula is C16H15NO4. The molecule has 0 aromatic heterocycles. The minimum absolute atomic E-state index is 0.0765. The van der Waals surface area contributed by atoms with Crippen molar-refractivity contribution in [2.75, 3.05) is 19.1 Å². The second-order valence-corrected chi connectivity index (χ2v) is 4.82. The molecule has 2 aromatic carbocycles. The predicted molar refractivity (Wildman–Crippen MR) is 78.0 cm³/mol. The maximum Gasteiger partial charge on any atom is 0.231 e. The van der Waals surface area contributed by atoms with Crippen LogP contribution in [0.4, 0.5) is 5.69 Å². The van der Waals surface area contributed by atoms with Crippen LogP contribution in [0.15, 0.2) is 36.4 Å². The van der Waals surface area contributed by atoms with Crippen LogP contribution < -0.4 is 19.9 Å². The molecule has 2 N–H and O–H groups in total. The number of benzene rings is 2. The first-order valence-electron chi connectivity index (χ1n) is 6.55. The van der Waals surface area contributed by atoms with Gasteiger partial charge in [-0.25, -0.2) is 0 Å². The molecule has 0 saturated carbocycles. The van der Waals surface area contributed by atoms with E-state index < -0.39 is 0 Å². The van der Waals surface area contributed by atoms with Crippen molar-refractivity contribution >= 4 is 11.5 Å². The Morgan fingerprint density at radius 3 is 2.81 bits per heavy atom. The summed E-state index contributed by atoms with van der Waals surface area (Å²) in [5.74, 6) is 1.59. The molecule has 1 aliphatic rings. The van der Waals surface area contributed by atoms with Gasteiger partial charge in [-0.15, -0.1) is 0 Å². The van der Waals surface area contributed by atoms with Crippen molar-refractivity contribution in [3.8, 4) is 17.2 Å². The maximum atomic E-state index is 12.1. The number of carbonyl (C=O) groups is 1. The highest BCUT2D eigenvalue weighted by Crippen LogP contribution is 2.32. The number of carbonyl (C=O) groups excluding carboxylic acids is 1. The minimum atomic E-state index is -0.145. The van der Waals surface area contributed by atoms with E-state index in [2.05, 4.69) is 0 Å². The molecule has 0 bridgehead atoms. The zero-order valence-electron chi connectivity index (χ0n) is 11.6. The normalized spacial score (nSPS) is 12.2. The molecule has 0 spiro atoms. The fraction of sp³-hybridized carbons (Fsp3) is 0.188. The zero-order chi connectivity index (χ0) is 14.8. The van der Waals surface area contributed by atoms with Crippen molar-refractivity contribution in [2.45, 2.75) is 6.92 Å². The average Bonchev–Trinajstić information content (AvgIpc) is 2.93. The van der Waals surface area contributed by atoms with Crippen LogP contribution in [-0.4, -0.2) is 19.2 Å². The number of ether oxygens (including phenoxy) is 3. The quantitative estimate of drug-likeness (QED) is 0.690. The van der Waals surface area contributed by atoms with E-state index in [1.165, 1.54) is 0 Å². The van der Waals surface area contributed by atoms with Gasteiger partial charge in [0.25, 0.3) is 0 Å². The van der Waals surface area contributed by atoms with E-state index >= 15 is 0 Å². The standard InChI is InChI=1S/C16H15NO4/c1-10-2-4-14(12(17)6-10)19-8-13(18)11-3-5-15-16(7-11)21-9-20-15/h2-7H,8-9,17H2,1H3. The summed E-state index contributed by atoms with van der Waals surface area (Å²) in [6, 6.07) is 10.5. The molecule has 0 amide bonds. The summed E-state index contributed by atoms with van der Waals surface area (Å²) in [7, 11) is 0. The smallest absolute Gasteiger partial charge is 0.231 e. The summed E-state index contributed by atoms with van der Waals surface area (Å²) in [4.78, 5) is 12.1. The molecule has 108 valence electrons. The number of Topliss-reactive ketones (excluding diaryl/α,β-unsaturated/α-hetero) is 1. The number of rotatable bonds is 4.